The van der Waals surface area contributed by atoms with E-state index in [1.807, 2.05) is 6.07 Å². The molecule has 332 valence electrons. The molecule has 2 rings (SSSR count). The molecule has 0 aromatic heterocycles. The smallest absolute Gasteiger partial charge is 0.397 e. The Bertz CT molecular complexity index is 1220. The normalized spacial score (nSPS) is 19.8. The molecule has 5 N–H and O–H groups in total. The van der Waals surface area contributed by atoms with Crippen LogP contribution in [0.25, 0.3) is 0 Å². The zero-order valence-corrected chi connectivity index (χ0v) is 35.9. The number of ether oxygens (including phenoxy) is 4. The number of benzene rings is 1. The fourth-order valence-corrected chi connectivity index (χ4v) is 7.16. The van der Waals surface area contributed by atoms with E-state index in [-0.39, 0.29) is 12.5 Å². The van der Waals surface area contributed by atoms with Crippen LogP contribution in [0.3, 0.4) is 0 Å². The van der Waals surface area contributed by atoms with Gasteiger partial charge in [-0.05, 0) is 37.8 Å². The Morgan fingerprint density at radius 1 is 0.614 bits per heavy atom. The molecule has 0 saturated carbocycles. The van der Waals surface area contributed by atoms with Crippen LogP contribution in [-0.2, 0) is 24.1 Å². The van der Waals surface area contributed by atoms with E-state index in [4.69, 9.17) is 23.5 Å². The molecule has 0 bridgehead atoms. The number of unbranched alkanes of at least 4 members (excludes halogenated alkanes) is 21. The first-order valence-corrected chi connectivity index (χ1v) is 23.5. The lowest BCUT2D eigenvalue weighted by molar-refractivity contribution is -0.300. The summed E-state index contributed by atoms with van der Waals surface area (Å²) in [7, 11) is -4.79. The fraction of sp³-hybridized carbons (Fsp3) is 0.837. The number of carbonyl (C=O) groups excluding carboxylic acids is 1. The molecule has 0 spiro atoms. The van der Waals surface area contributed by atoms with Gasteiger partial charge >= 0.3 is 10.4 Å². The molecule has 5 atom stereocenters. The van der Waals surface area contributed by atoms with Crippen molar-refractivity contribution in [1.29, 1.82) is 0 Å². The van der Waals surface area contributed by atoms with Gasteiger partial charge in [0.15, 0.2) is 6.29 Å². The molecule has 0 unspecified atom stereocenters. The lowest BCUT2D eigenvalue weighted by atomic mass is 9.99. The third kappa shape index (κ3) is 24.6. The maximum absolute atomic E-state index is 13.2. The van der Waals surface area contributed by atoms with E-state index in [1.165, 1.54) is 103 Å². The van der Waals surface area contributed by atoms with Crippen LogP contribution in [0.15, 0.2) is 18.2 Å². The van der Waals surface area contributed by atoms with Gasteiger partial charge in [0.2, 0.25) is 0 Å². The van der Waals surface area contributed by atoms with Crippen LogP contribution in [0.1, 0.15) is 178 Å². The predicted molar refractivity (Wildman–Crippen MR) is 222 cm³/mol. The van der Waals surface area contributed by atoms with Crippen LogP contribution in [-0.4, -0.2) is 97.9 Å². The molecule has 0 aliphatic carbocycles. The second-order valence-electron chi connectivity index (χ2n) is 15.5. The molecule has 1 aromatic carbocycles. The average Bonchev–Trinajstić information content (AvgIpc) is 3.19. The van der Waals surface area contributed by atoms with Crippen molar-refractivity contribution in [3.63, 3.8) is 0 Å². The van der Waals surface area contributed by atoms with Crippen molar-refractivity contribution in [2.75, 3.05) is 33.0 Å². The summed E-state index contributed by atoms with van der Waals surface area (Å²) in [5.74, 6) is 1.09. The van der Waals surface area contributed by atoms with Crippen molar-refractivity contribution in [2.24, 2.45) is 0 Å². The van der Waals surface area contributed by atoms with Crippen molar-refractivity contribution in [1.82, 2.24) is 5.32 Å². The highest BCUT2D eigenvalue weighted by Gasteiger charge is 2.44. The first-order valence-electron chi connectivity index (χ1n) is 22.2. The van der Waals surface area contributed by atoms with Crippen LogP contribution in [0.5, 0.6) is 11.5 Å². The second kappa shape index (κ2) is 31.8. The van der Waals surface area contributed by atoms with Gasteiger partial charge in [0.05, 0.1) is 19.8 Å². The van der Waals surface area contributed by atoms with Crippen molar-refractivity contribution in [2.45, 2.75) is 199 Å². The fourth-order valence-electron chi connectivity index (χ4n) is 6.86. The highest BCUT2D eigenvalue weighted by Crippen LogP contribution is 2.25. The highest BCUT2D eigenvalue weighted by atomic mass is 32.3. The van der Waals surface area contributed by atoms with E-state index < -0.39 is 47.7 Å². The van der Waals surface area contributed by atoms with Gasteiger partial charge in [0.1, 0.15) is 35.9 Å². The predicted octanol–water partition coefficient (Wildman–Crippen LogP) is 8.22. The van der Waals surface area contributed by atoms with Gasteiger partial charge in [0, 0.05) is 24.8 Å². The van der Waals surface area contributed by atoms with Gasteiger partial charge in [-0.15, -0.1) is 0 Å². The van der Waals surface area contributed by atoms with E-state index in [2.05, 4.69) is 23.3 Å². The average molecular weight is 832 g/mol. The highest BCUT2D eigenvalue weighted by molar-refractivity contribution is 7.80. The van der Waals surface area contributed by atoms with Crippen molar-refractivity contribution in [3.8, 4) is 11.5 Å². The van der Waals surface area contributed by atoms with Crippen LogP contribution < -0.4 is 14.8 Å². The van der Waals surface area contributed by atoms with Crippen LogP contribution in [0.2, 0.25) is 0 Å². The van der Waals surface area contributed by atoms with E-state index in [9.17, 15) is 28.5 Å². The Morgan fingerprint density at radius 3 is 1.53 bits per heavy atom. The summed E-state index contributed by atoms with van der Waals surface area (Å²) in [4.78, 5) is 13.2. The molecule has 1 aliphatic rings. The number of hydrogen-bond acceptors (Lipinski definition) is 11. The summed E-state index contributed by atoms with van der Waals surface area (Å²) in [6.45, 7) is 5.56. The maximum Gasteiger partial charge on any atom is 0.397 e. The maximum atomic E-state index is 13.2. The van der Waals surface area contributed by atoms with E-state index >= 15 is 0 Å². The summed E-state index contributed by atoms with van der Waals surface area (Å²) in [5, 5.41) is 33.4. The standard InChI is InChI=1S/C43H77NO12S/c1-3-5-7-9-11-13-15-17-20-24-28-52-36-31-35(32-37(33-36)53-29-25-21-18-16-14-12-10-8-6-4-2)42(48)44-27-23-19-22-26-30-54-43-41(47)40(46)39(45)38(56-43)34-55-57(49,50)51/h31-33,38-41,43,45-47H,3-30,34H2,1-2H3,(H,44,48)(H,49,50,51)/t38-,39+,40+,41-,43-/m1/s1. The van der Waals surface area contributed by atoms with Crippen LogP contribution in [0.4, 0.5) is 0 Å². The Labute approximate surface area is 343 Å². The number of rotatable bonds is 36. The van der Waals surface area contributed by atoms with Crippen LogP contribution in [0, 0.1) is 0 Å². The van der Waals surface area contributed by atoms with E-state index in [0.29, 0.717) is 43.2 Å². The lowest BCUT2D eigenvalue weighted by Gasteiger charge is -2.39. The van der Waals surface area contributed by atoms with Gasteiger partial charge < -0.3 is 39.6 Å². The molecular formula is C43H77NO12S. The Hall–Kier alpha value is -2.04. The monoisotopic (exact) mass is 832 g/mol. The quantitative estimate of drug-likeness (QED) is 0.0322. The zero-order chi connectivity index (χ0) is 41.6. The van der Waals surface area contributed by atoms with Crippen molar-refractivity contribution in [3.05, 3.63) is 23.8 Å². The first-order chi connectivity index (χ1) is 27.6. The van der Waals surface area contributed by atoms with Crippen molar-refractivity contribution < 1.29 is 56.2 Å². The number of aliphatic hydroxyl groups is 3. The minimum Gasteiger partial charge on any atom is -0.493 e. The van der Waals surface area contributed by atoms with E-state index in [1.54, 1.807) is 12.1 Å². The molecule has 1 amide bonds. The SMILES string of the molecule is CCCCCCCCCCCCOc1cc(OCCCCCCCCCCCC)cc(C(=O)NCCCCCCO[C@@H]2O[C@H](COS(=O)(=O)O)[C@H](O)[C@H](O)[C@H]2O)c1. The van der Waals surface area contributed by atoms with Gasteiger partial charge in [-0.3, -0.25) is 9.35 Å². The number of nitrogens with one attached hydrogen (secondary N) is 1. The molecule has 1 fully saturated rings. The number of carbonyl (C=O) groups is 1. The molecule has 1 heterocycles. The summed E-state index contributed by atoms with van der Waals surface area (Å²) < 4.78 is 58.0. The van der Waals surface area contributed by atoms with Crippen LogP contribution >= 0.6 is 0 Å². The third-order valence-corrected chi connectivity index (χ3v) is 10.8. The molecule has 14 heteroatoms. The van der Waals surface area contributed by atoms with Gasteiger partial charge in [-0.2, -0.15) is 8.42 Å². The minimum atomic E-state index is -4.79. The molecule has 57 heavy (non-hydrogen) atoms. The molecule has 1 aliphatic heterocycles. The molecule has 13 nitrogen and oxygen atoms in total. The van der Waals surface area contributed by atoms with Gasteiger partial charge in [0.25, 0.3) is 5.91 Å². The number of hydrogen-bond donors (Lipinski definition) is 5. The molecule has 1 saturated heterocycles. The lowest BCUT2D eigenvalue weighted by Crippen LogP contribution is -2.59. The summed E-state index contributed by atoms with van der Waals surface area (Å²) in [6.07, 6.45) is 20.4. The molecule has 0 radical (unpaired) electrons. The van der Waals surface area contributed by atoms with Gasteiger partial charge in [-0.1, -0.05) is 142 Å². The number of amides is 1. The van der Waals surface area contributed by atoms with Gasteiger partial charge in [-0.25, -0.2) is 4.18 Å². The minimum absolute atomic E-state index is 0.163. The first kappa shape index (κ1) is 51.1. The molecular weight excluding hydrogens is 755 g/mol. The Morgan fingerprint density at radius 2 is 1.05 bits per heavy atom. The summed E-state index contributed by atoms with van der Waals surface area (Å²) in [5.41, 5.74) is 0.501. The van der Waals surface area contributed by atoms with E-state index in [0.717, 1.165) is 44.9 Å². The zero-order valence-electron chi connectivity index (χ0n) is 35.1. The Balaban J connectivity index is 1.75. The Kier molecular flexibility index (Phi) is 28.5. The number of aliphatic hydroxyl groups excluding tert-OH is 3. The summed E-state index contributed by atoms with van der Waals surface area (Å²) in [6, 6.07) is 5.46. The van der Waals surface area contributed by atoms with Crippen molar-refractivity contribution >= 4 is 16.3 Å². The molecule has 1 aromatic rings. The third-order valence-electron chi connectivity index (χ3n) is 10.4. The largest absolute Gasteiger partial charge is 0.493 e. The topological polar surface area (TPSA) is 190 Å². The summed E-state index contributed by atoms with van der Waals surface area (Å²) >= 11 is 0. The second-order valence-corrected chi connectivity index (χ2v) is 16.6.